The Hall–Kier alpha value is -2.91. The molecule has 2 amide bonds. The second-order valence-electron chi connectivity index (χ2n) is 5.96. The zero-order chi connectivity index (χ0) is 19.4. The quantitative estimate of drug-likeness (QED) is 0.462. The van der Waals surface area contributed by atoms with Crippen LogP contribution in [0.25, 0.3) is 0 Å². The second kappa shape index (κ2) is 8.19. The summed E-state index contributed by atoms with van der Waals surface area (Å²) in [5.41, 5.74) is 13.4. The van der Waals surface area contributed by atoms with Crippen molar-refractivity contribution in [2.45, 2.75) is 19.4 Å². The predicted molar refractivity (Wildman–Crippen MR) is 110 cm³/mol. The van der Waals surface area contributed by atoms with Crippen LogP contribution in [0.2, 0.25) is 0 Å². The van der Waals surface area contributed by atoms with Gasteiger partial charge in [0.2, 0.25) is 5.91 Å². The van der Waals surface area contributed by atoms with E-state index in [9.17, 15) is 9.59 Å². The van der Waals surface area contributed by atoms with Gasteiger partial charge < -0.3 is 22.1 Å². The standard InChI is InChI=1S/C18H19N5O2S2/c1-10-7-16(27-23-10)22-14-8-11(4-5-13(14)17(19)24)21-15(18(20)25)9-12-3-2-6-26-12/h2-8,15,21-22H,9H2,1H3,(H2,19,24)(H2,20,25)/t15-/m1/s1. The van der Waals surface area contributed by atoms with E-state index in [0.717, 1.165) is 15.6 Å². The van der Waals surface area contributed by atoms with Crippen LogP contribution in [0.4, 0.5) is 16.4 Å². The number of aromatic nitrogens is 1. The van der Waals surface area contributed by atoms with E-state index in [4.69, 9.17) is 11.5 Å². The van der Waals surface area contributed by atoms with E-state index in [0.29, 0.717) is 23.4 Å². The van der Waals surface area contributed by atoms with Gasteiger partial charge in [0.05, 0.1) is 16.9 Å². The third-order valence-corrected chi connectivity index (χ3v) is 5.54. The number of nitrogens with one attached hydrogen (secondary N) is 2. The largest absolute Gasteiger partial charge is 0.373 e. The highest BCUT2D eigenvalue weighted by atomic mass is 32.1. The monoisotopic (exact) mass is 401 g/mol. The highest BCUT2D eigenvalue weighted by molar-refractivity contribution is 7.10. The Bertz CT molecular complexity index is 953. The molecule has 0 spiro atoms. The molecule has 0 aliphatic heterocycles. The second-order valence-corrected chi connectivity index (χ2v) is 7.80. The highest BCUT2D eigenvalue weighted by Gasteiger charge is 2.18. The summed E-state index contributed by atoms with van der Waals surface area (Å²) in [6.07, 6.45) is 0.487. The maximum atomic E-state index is 11.9. The molecule has 140 valence electrons. The van der Waals surface area contributed by atoms with Crippen molar-refractivity contribution in [1.82, 2.24) is 4.37 Å². The van der Waals surface area contributed by atoms with E-state index in [2.05, 4.69) is 15.0 Å². The van der Waals surface area contributed by atoms with Crippen LogP contribution in [0.5, 0.6) is 0 Å². The van der Waals surface area contributed by atoms with Crippen LogP contribution in [-0.4, -0.2) is 22.2 Å². The lowest BCUT2D eigenvalue weighted by Crippen LogP contribution is -2.37. The van der Waals surface area contributed by atoms with Crippen molar-refractivity contribution in [3.63, 3.8) is 0 Å². The van der Waals surface area contributed by atoms with Crippen LogP contribution >= 0.6 is 22.9 Å². The average Bonchev–Trinajstić information content (AvgIpc) is 3.26. The molecule has 27 heavy (non-hydrogen) atoms. The number of anilines is 3. The van der Waals surface area contributed by atoms with Gasteiger partial charge in [-0.15, -0.1) is 11.3 Å². The molecule has 0 aliphatic carbocycles. The minimum absolute atomic E-state index is 0.348. The van der Waals surface area contributed by atoms with E-state index in [-0.39, 0.29) is 0 Å². The normalized spacial score (nSPS) is 11.7. The molecule has 0 bridgehead atoms. The first kappa shape index (κ1) is 18.9. The number of carbonyl (C=O) groups excluding carboxylic acids is 2. The number of aryl methyl sites for hydroxylation is 1. The van der Waals surface area contributed by atoms with Crippen LogP contribution in [0, 0.1) is 6.92 Å². The molecule has 3 aromatic rings. The Morgan fingerprint density at radius 3 is 2.63 bits per heavy atom. The summed E-state index contributed by atoms with van der Waals surface area (Å²) in [5, 5.41) is 9.05. The highest BCUT2D eigenvalue weighted by Crippen LogP contribution is 2.28. The molecule has 3 rings (SSSR count). The predicted octanol–water partition coefficient (Wildman–Crippen LogP) is 2.86. The molecule has 0 saturated carbocycles. The van der Waals surface area contributed by atoms with Crippen molar-refractivity contribution in [2.24, 2.45) is 11.5 Å². The zero-order valence-corrected chi connectivity index (χ0v) is 16.2. The fourth-order valence-corrected chi connectivity index (χ4v) is 3.99. The molecule has 1 atom stereocenters. The maximum Gasteiger partial charge on any atom is 0.250 e. The Balaban J connectivity index is 1.85. The van der Waals surface area contributed by atoms with Crippen LogP contribution in [0.15, 0.2) is 41.8 Å². The van der Waals surface area contributed by atoms with Crippen LogP contribution < -0.4 is 22.1 Å². The van der Waals surface area contributed by atoms with Gasteiger partial charge in [-0.05, 0) is 54.2 Å². The number of benzene rings is 1. The first-order valence-corrected chi connectivity index (χ1v) is 9.80. The topological polar surface area (TPSA) is 123 Å². The number of nitrogens with two attached hydrogens (primary N) is 2. The molecule has 2 aromatic heterocycles. The first-order valence-electron chi connectivity index (χ1n) is 8.15. The van der Waals surface area contributed by atoms with Gasteiger partial charge in [0.1, 0.15) is 11.0 Å². The van der Waals surface area contributed by atoms with E-state index in [1.807, 2.05) is 30.5 Å². The van der Waals surface area contributed by atoms with Crippen LogP contribution in [0.1, 0.15) is 20.9 Å². The number of amides is 2. The zero-order valence-electron chi connectivity index (χ0n) is 14.6. The summed E-state index contributed by atoms with van der Waals surface area (Å²) < 4.78 is 4.21. The molecule has 0 radical (unpaired) electrons. The Morgan fingerprint density at radius 1 is 1.22 bits per heavy atom. The van der Waals surface area contributed by atoms with Crippen molar-refractivity contribution < 1.29 is 9.59 Å². The van der Waals surface area contributed by atoms with Gasteiger partial charge >= 0.3 is 0 Å². The third kappa shape index (κ3) is 4.83. The minimum Gasteiger partial charge on any atom is -0.373 e. The fourth-order valence-electron chi connectivity index (χ4n) is 2.56. The summed E-state index contributed by atoms with van der Waals surface area (Å²) in [4.78, 5) is 24.7. The number of carbonyl (C=O) groups is 2. The molecule has 9 heteroatoms. The summed E-state index contributed by atoms with van der Waals surface area (Å²) in [6.45, 7) is 1.89. The number of hydrogen-bond donors (Lipinski definition) is 4. The van der Waals surface area contributed by atoms with Crippen LogP contribution in [-0.2, 0) is 11.2 Å². The molecule has 0 saturated heterocycles. The molecule has 0 unspecified atom stereocenters. The Kier molecular flexibility index (Phi) is 5.72. The minimum atomic E-state index is -0.568. The number of hydrogen-bond acceptors (Lipinski definition) is 7. The number of primary amides is 2. The molecule has 0 fully saturated rings. The summed E-state index contributed by atoms with van der Waals surface area (Å²) in [6, 6.07) is 10.2. The van der Waals surface area contributed by atoms with Gasteiger partial charge in [-0.1, -0.05) is 6.07 Å². The van der Waals surface area contributed by atoms with Crippen molar-refractivity contribution in [1.29, 1.82) is 0 Å². The lowest BCUT2D eigenvalue weighted by Gasteiger charge is -2.18. The van der Waals surface area contributed by atoms with E-state index >= 15 is 0 Å². The van der Waals surface area contributed by atoms with Gasteiger partial charge in [0, 0.05) is 17.0 Å². The summed E-state index contributed by atoms with van der Waals surface area (Å²) in [5.74, 6) is -0.995. The third-order valence-electron chi connectivity index (χ3n) is 3.84. The molecular formula is C18H19N5O2S2. The molecule has 0 aliphatic rings. The smallest absolute Gasteiger partial charge is 0.250 e. The maximum absolute atomic E-state index is 11.9. The van der Waals surface area contributed by atoms with Crippen molar-refractivity contribution >= 4 is 51.1 Å². The van der Waals surface area contributed by atoms with Gasteiger partial charge in [-0.25, -0.2) is 0 Å². The van der Waals surface area contributed by atoms with Gasteiger partial charge in [-0.2, -0.15) is 4.37 Å². The van der Waals surface area contributed by atoms with Gasteiger partial charge in [-0.3, -0.25) is 9.59 Å². The number of nitrogens with zero attached hydrogens (tertiary/aromatic N) is 1. The average molecular weight is 402 g/mol. The van der Waals surface area contributed by atoms with Gasteiger partial charge in [0.25, 0.3) is 5.91 Å². The summed E-state index contributed by atoms with van der Waals surface area (Å²) >= 11 is 2.85. The lowest BCUT2D eigenvalue weighted by atomic mass is 10.1. The van der Waals surface area contributed by atoms with E-state index in [1.54, 1.807) is 29.5 Å². The van der Waals surface area contributed by atoms with Crippen LogP contribution in [0.3, 0.4) is 0 Å². The lowest BCUT2D eigenvalue weighted by molar-refractivity contribution is -0.118. The fraction of sp³-hybridized carbons (Fsp3) is 0.167. The first-order chi connectivity index (χ1) is 12.9. The Labute approximate surface area is 164 Å². The van der Waals surface area contributed by atoms with Crippen molar-refractivity contribution in [3.05, 3.63) is 57.9 Å². The molecule has 2 heterocycles. The Morgan fingerprint density at radius 2 is 2.04 bits per heavy atom. The molecular weight excluding hydrogens is 382 g/mol. The van der Waals surface area contributed by atoms with E-state index in [1.165, 1.54) is 11.5 Å². The molecule has 6 N–H and O–H groups in total. The molecule has 1 aromatic carbocycles. The SMILES string of the molecule is Cc1cc(Nc2cc(N[C@H](Cc3cccs3)C(N)=O)ccc2C(N)=O)sn1. The summed E-state index contributed by atoms with van der Waals surface area (Å²) in [7, 11) is 0. The van der Waals surface area contributed by atoms with Gasteiger partial charge in [0.15, 0.2) is 0 Å². The van der Waals surface area contributed by atoms with Crippen molar-refractivity contribution in [2.75, 3.05) is 10.6 Å². The van der Waals surface area contributed by atoms with Crippen molar-refractivity contribution in [3.8, 4) is 0 Å². The number of rotatable bonds is 8. The van der Waals surface area contributed by atoms with E-state index < -0.39 is 17.9 Å². The molecule has 7 nitrogen and oxygen atoms in total. The number of thiophene rings is 1.